The molecule has 14 heavy (non-hydrogen) atoms. The molecule has 2 nitrogen and oxygen atoms in total. The molecule has 74 valence electrons. The Balaban J connectivity index is 2.81. The van der Waals surface area contributed by atoms with Crippen molar-refractivity contribution in [2.24, 2.45) is 0 Å². The van der Waals surface area contributed by atoms with E-state index < -0.39 is 0 Å². The quantitative estimate of drug-likeness (QED) is 0.739. The zero-order chi connectivity index (χ0) is 10.7. The Morgan fingerprint density at radius 2 is 2.29 bits per heavy atom. The number of terminal acetylenes is 1. The molecule has 1 aromatic heterocycles. The minimum absolute atomic E-state index is 0.0858. The molecule has 0 spiro atoms. The molecule has 1 rings (SSSR count). The number of nitrogens with one attached hydrogen (secondary N) is 1. The van der Waals surface area contributed by atoms with Crippen molar-refractivity contribution in [2.75, 3.05) is 0 Å². The lowest BCUT2D eigenvalue weighted by atomic mass is 10.1. The molecule has 0 bridgehead atoms. The van der Waals surface area contributed by atoms with E-state index in [2.05, 4.69) is 11.2 Å². The van der Waals surface area contributed by atoms with Gasteiger partial charge in [-0.1, -0.05) is 5.92 Å². The molecule has 0 aliphatic carbocycles. The molecular formula is C11H13NOS. The molecule has 3 heteroatoms. The van der Waals surface area contributed by atoms with Gasteiger partial charge in [0, 0.05) is 10.3 Å². The number of aryl methyl sites for hydroxylation is 1. The average molecular weight is 207 g/mol. The lowest BCUT2D eigenvalue weighted by Gasteiger charge is -2.06. The van der Waals surface area contributed by atoms with Crippen LogP contribution >= 0.6 is 11.3 Å². The zero-order valence-corrected chi connectivity index (χ0v) is 9.37. The van der Waals surface area contributed by atoms with Crippen LogP contribution in [0.2, 0.25) is 0 Å². The fourth-order valence-electron chi connectivity index (χ4n) is 1.05. The Bertz CT molecular complexity index is 386. The van der Waals surface area contributed by atoms with E-state index in [1.165, 1.54) is 4.88 Å². The SMILES string of the molecule is C#CC(C)NC(=O)c1csc(C)c1C. The Hall–Kier alpha value is -1.27. The topological polar surface area (TPSA) is 29.1 Å². The van der Waals surface area contributed by atoms with E-state index in [-0.39, 0.29) is 11.9 Å². The molecule has 1 unspecified atom stereocenters. The van der Waals surface area contributed by atoms with Crippen molar-refractivity contribution in [1.82, 2.24) is 5.32 Å². The molecule has 0 aliphatic heterocycles. The van der Waals surface area contributed by atoms with Gasteiger partial charge in [-0.05, 0) is 26.3 Å². The summed E-state index contributed by atoms with van der Waals surface area (Å²) < 4.78 is 0. The first-order valence-corrected chi connectivity index (χ1v) is 5.26. The van der Waals surface area contributed by atoms with Crippen LogP contribution in [0.3, 0.4) is 0 Å². The fraction of sp³-hybridized carbons (Fsp3) is 0.364. The van der Waals surface area contributed by atoms with Gasteiger partial charge < -0.3 is 5.32 Å². The molecule has 1 aromatic rings. The normalized spacial score (nSPS) is 11.9. The van der Waals surface area contributed by atoms with Gasteiger partial charge in [0.2, 0.25) is 0 Å². The lowest BCUT2D eigenvalue weighted by molar-refractivity contribution is 0.0948. The van der Waals surface area contributed by atoms with E-state index in [1.54, 1.807) is 18.3 Å². The maximum absolute atomic E-state index is 11.6. The maximum atomic E-state index is 11.6. The highest BCUT2D eigenvalue weighted by Gasteiger charge is 2.13. The highest BCUT2D eigenvalue weighted by atomic mass is 32.1. The van der Waals surface area contributed by atoms with E-state index in [4.69, 9.17) is 6.42 Å². The zero-order valence-electron chi connectivity index (χ0n) is 8.55. The number of carbonyl (C=O) groups excluding carboxylic acids is 1. The van der Waals surface area contributed by atoms with Crippen molar-refractivity contribution in [2.45, 2.75) is 26.8 Å². The molecule has 0 aliphatic rings. The van der Waals surface area contributed by atoms with Gasteiger partial charge in [0.25, 0.3) is 5.91 Å². The predicted octanol–water partition coefficient (Wildman–Crippen LogP) is 2.12. The lowest BCUT2D eigenvalue weighted by Crippen LogP contribution is -2.31. The van der Waals surface area contributed by atoms with Crippen LogP contribution in [0.15, 0.2) is 5.38 Å². The molecule has 0 saturated carbocycles. The minimum Gasteiger partial charge on any atom is -0.339 e. The number of carbonyl (C=O) groups is 1. The summed E-state index contributed by atoms with van der Waals surface area (Å²) in [5.41, 5.74) is 1.77. The first-order chi connectivity index (χ1) is 6.56. The van der Waals surface area contributed by atoms with Gasteiger partial charge in [-0.15, -0.1) is 17.8 Å². The van der Waals surface area contributed by atoms with Crippen LogP contribution in [0.1, 0.15) is 27.7 Å². The second-order valence-electron chi connectivity index (χ2n) is 3.19. The molecule has 0 saturated heterocycles. The van der Waals surface area contributed by atoms with Crippen LogP contribution in [0.4, 0.5) is 0 Å². The molecule has 0 aromatic carbocycles. The highest BCUT2D eigenvalue weighted by molar-refractivity contribution is 7.10. The van der Waals surface area contributed by atoms with Crippen molar-refractivity contribution < 1.29 is 4.79 Å². The standard InChI is InChI=1S/C11H13NOS/c1-5-7(2)12-11(13)10-6-14-9(4)8(10)3/h1,6-7H,2-4H3,(H,12,13). The number of hydrogen-bond donors (Lipinski definition) is 1. The third kappa shape index (κ3) is 2.15. The maximum Gasteiger partial charge on any atom is 0.253 e. The third-order valence-electron chi connectivity index (χ3n) is 2.13. The number of hydrogen-bond acceptors (Lipinski definition) is 2. The van der Waals surface area contributed by atoms with Crippen molar-refractivity contribution in [3.63, 3.8) is 0 Å². The summed E-state index contributed by atoms with van der Waals surface area (Å²) in [6, 6.07) is -0.220. The minimum atomic E-state index is -0.220. The van der Waals surface area contributed by atoms with E-state index in [9.17, 15) is 4.79 Å². The Labute approximate surface area is 88.3 Å². The van der Waals surface area contributed by atoms with Crippen molar-refractivity contribution in [1.29, 1.82) is 0 Å². The monoisotopic (exact) mass is 207 g/mol. The Kier molecular flexibility index (Phi) is 3.32. The summed E-state index contributed by atoms with van der Waals surface area (Å²) >= 11 is 1.58. The van der Waals surface area contributed by atoms with Crippen LogP contribution in [0.25, 0.3) is 0 Å². The first kappa shape index (κ1) is 10.8. The van der Waals surface area contributed by atoms with Gasteiger partial charge in [0.1, 0.15) is 0 Å². The molecule has 1 N–H and O–H groups in total. The van der Waals surface area contributed by atoms with Gasteiger partial charge in [-0.3, -0.25) is 4.79 Å². The van der Waals surface area contributed by atoms with Gasteiger partial charge >= 0.3 is 0 Å². The van der Waals surface area contributed by atoms with Gasteiger partial charge in [0.15, 0.2) is 0 Å². The van der Waals surface area contributed by atoms with Crippen LogP contribution in [-0.2, 0) is 0 Å². The second kappa shape index (κ2) is 4.30. The first-order valence-electron chi connectivity index (χ1n) is 4.38. The van der Waals surface area contributed by atoms with Crippen molar-refractivity contribution in [3.8, 4) is 12.3 Å². The smallest absolute Gasteiger partial charge is 0.253 e. The summed E-state index contributed by atoms with van der Waals surface area (Å²) in [6.07, 6.45) is 5.18. The number of rotatable bonds is 2. The van der Waals surface area contributed by atoms with E-state index in [0.717, 1.165) is 11.1 Å². The Morgan fingerprint density at radius 1 is 1.64 bits per heavy atom. The molecule has 0 fully saturated rings. The molecular weight excluding hydrogens is 194 g/mol. The molecule has 1 atom stereocenters. The molecule has 1 heterocycles. The van der Waals surface area contributed by atoms with Crippen LogP contribution in [-0.4, -0.2) is 11.9 Å². The predicted molar refractivity (Wildman–Crippen MR) is 59.6 cm³/mol. The van der Waals surface area contributed by atoms with E-state index in [0.29, 0.717) is 0 Å². The second-order valence-corrected chi connectivity index (χ2v) is 4.28. The molecule has 1 amide bonds. The summed E-state index contributed by atoms with van der Waals surface area (Å²) in [5, 5.41) is 4.60. The summed E-state index contributed by atoms with van der Waals surface area (Å²) in [6.45, 7) is 5.73. The van der Waals surface area contributed by atoms with E-state index in [1.807, 2.05) is 19.2 Å². The van der Waals surface area contributed by atoms with Crippen LogP contribution < -0.4 is 5.32 Å². The fourth-order valence-corrected chi connectivity index (χ4v) is 1.92. The third-order valence-corrected chi connectivity index (χ3v) is 3.14. The Morgan fingerprint density at radius 3 is 2.71 bits per heavy atom. The van der Waals surface area contributed by atoms with E-state index >= 15 is 0 Å². The largest absolute Gasteiger partial charge is 0.339 e. The summed E-state index contributed by atoms with van der Waals surface area (Å²) in [4.78, 5) is 12.8. The van der Waals surface area contributed by atoms with Crippen molar-refractivity contribution in [3.05, 3.63) is 21.4 Å². The van der Waals surface area contributed by atoms with Gasteiger partial charge in [-0.25, -0.2) is 0 Å². The summed E-state index contributed by atoms with van der Waals surface area (Å²) in [7, 11) is 0. The van der Waals surface area contributed by atoms with Gasteiger partial charge in [0.05, 0.1) is 11.6 Å². The summed E-state index contributed by atoms with van der Waals surface area (Å²) in [5.74, 6) is 2.38. The highest BCUT2D eigenvalue weighted by Crippen LogP contribution is 2.20. The van der Waals surface area contributed by atoms with Crippen LogP contribution in [0.5, 0.6) is 0 Å². The van der Waals surface area contributed by atoms with Crippen LogP contribution in [0, 0.1) is 26.2 Å². The average Bonchev–Trinajstić information content (AvgIpc) is 2.47. The van der Waals surface area contributed by atoms with Crippen molar-refractivity contribution >= 4 is 17.2 Å². The van der Waals surface area contributed by atoms with Gasteiger partial charge in [-0.2, -0.15) is 0 Å². The molecule has 0 radical (unpaired) electrons. The number of thiophene rings is 1. The number of amides is 1.